The maximum atomic E-state index is 12.5. The highest BCUT2D eigenvalue weighted by atomic mass is 35.5. The summed E-state index contributed by atoms with van der Waals surface area (Å²) in [5.74, 6) is -0.0502. The number of nitrogens with one attached hydrogen (secondary N) is 1. The summed E-state index contributed by atoms with van der Waals surface area (Å²) in [5, 5.41) is 12.4. The van der Waals surface area contributed by atoms with Crippen LogP contribution in [0.15, 0.2) is 66.3 Å². The molecule has 0 fully saturated rings. The number of halogens is 1. The molecule has 3 rings (SSSR count). The summed E-state index contributed by atoms with van der Waals surface area (Å²) in [6.07, 6.45) is 1.74. The fourth-order valence-electron chi connectivity index (χ4n) is 2.70. The third kappa shape index (κ3) is 5.08. The van der Waals surface area contributed by atoms with E-state index in [1.165, 1.54) is 18.9 Å². The Balaban J connectivity index is 1.73. The summed E-state index contributed by atoms with van der Waals surface area (Å²) in [5.41, 5.74) is 1.54. The SMILES string of the molecule is C=CCn1c(SCC(=O)Nc2ccccc2C(=O)OC)nnc1-c1ccc(Cl)cc1. The van der Waals surface area contributed by atoms with Crippen LogP contribution in [0, 0.1) is 0 Å². The van der Waals surface area contributed by atoms with Gasteiger partial charge in [-0.15, -0.1) is 16.8 Å². The van der Waals surface area contributed by atoms with Gasteiger partial charge in [0.25, 0.3) is 0 Å². The summed E-state index contributed by atoms with van der Waals surface area (Å²) in [4.78, 5) is 24.3. The number of nitrogens with zero attached hydrogens (tertiary/aromatic N) is 3. The number of aromatic nitrogens is 3. The predicted molar refractivity (Wildman–Crippen MR) is 118 cm³/mol. The lowest BCUT2D eigenvalue weighted by Crippen LogP contribution is -2.17. The van der Waals surface area contributed by atoms with Crippen LogP contribution in [0.5, 0.6) is 0 Å². The molecule has 0 aliphatic rings. The second kappa shape index (κ2) is 10.1. The van der Waals surface area contributed by atoms with E-state index in [9.17, 15) is 9.59 Å². The molecule has 154 valence electrons. The van der Waals surface area contributed by atoms with Crippen LogP contribution >= 0.6 is 23.4 Å². The Labute approximate surface area is 183 Å². The van der Waals surface area contributed by atoms with Crippen LogP contribution in [0.1, 0.15) is 10.4 Å². The van der Waals surface area contributed by atoms with E-state index in [-0.39, 0.29) is 17.2 Å². The first-order chi connectivity index (χ1) is 14.5. The monoisotopic (exact) mass is 442 g/mol. The van der Waals surface area contributed by atoms with Gasteiger partial charge in [0.2, 0.25) is 5.91 Å². The van der Waals surface area contributed by atoms with Crippen molar-refractivity contribution in [2.75, 3.05) is 18.2 Å². The maximum absolute atomic E-state index is 12.5. The molecule has 1 aromatic heterocycles. The molecule has 9 heteroatoms. The summed E-state index contributed by atoms with van der Waals surface area (Å²) < 4.78 is 6.62. The molecule has 0 radical (unpaired) electrons. The zero-order valence-electron chi connectivity index (χ0n) is 16.2. The second-order valence-corrected chi connectivity index (χ2v) is 7.47. The molecule has 1 heterocycles. The van der Waals surface area contributed by atoms with Crippen molar-refractivity contribution >= 4 is 40.9 Å². The maximum Gasteiger partial charge on any atom is 0.339 e. The van der Waals surface area contributed by atoms with Crippen molar-refractivity contribution < 1.29 is 14.3 Å². The van der Waals surface area contributed by atoms with Gasteiger partial charge < -0.3 is 10.1 Å². The minimum absolute atomic E-state index is 0.0887. The number of carbonyl (C=O) groups is 2. The van der Waals surface area contributed by atoms with Crippen molar-refractivity contribution in [3.63, 3.8) is 0 Å². The number of esters is 1. The number of thioether (sulfide) groups is 1. The third-order valence-corrected chi connectivity index (χ3v) is 5.29. The van der Waals surface area contributed by atoms with Gasteiger partial charge in [-0.2, -0.15) is 0 Å². The Morgan fingerprint density at radius 1 is 1.20 bits per heavy atom. The highest BCUT2D eigenvalue weighted by Crippen LogP contribution is 2.25. The molecule has 0 saturated carbocycles. The zero-order chi connectivity index (χ0) is 21.5. The molecule has 1 amide bonds. The zero-order valence-corrected chi connectivity index (χ0v) is 17.7. The molecular weight excluding hydrogens is 424 g/mol. The molecule has 30 heavy (non-hydrogen) atoms. The van der Waals surface area contributed by atoms with Crippen molar-refractivity contribution in [1.29, 1.82) is 0 Å². The molecule has 0 aliphatic heterocycles. The van der Waals surface area contributed by atoms with Gasteiger partial charge in [-0.05, 0) is 36.4 Å². The van der Waals surface area contributed by atoms with Gasteiger partial charge in [0, 0.05) is 17.1 Å². The van der Waals surface area contributed by atoms with Crippen LogP contribution in [-0.4, -0.2) is 39.5 Å². The van der Waals surface area contributed by atoms with Crippen LogP contribution in [0.2, 0.25) is 5.02 Å². The molecular formula is C21H19ClN4O3S. The van der Waals surface area contributed by atoms with E-state index >= 15 is 0 Å². The molecule has 2 aromatic carbocycles. The minimum atomic E-state index is -0.517. The smallest absolute Gasteiger partial charge is 0.339 e. The number of carbonyl (C=O) groups excluding carboxylic acids is 2. The Hall–Kier alpha value is -3.10. The molecule has 0 atom stereocenters. The van der Waals surface area contributed by atoms with Crippen molar-refractivity contribution in [3.05, 3.63) is 71.8 Å². The number of methoxy groups -OCH3 is 1. The first-order valence-corrected chi connectivity index (χ1v) is 10.3. The standard InChI is InChI=1S/C21H19ClN4O3S/c1-3-12-26-19(14-8-10-15(22)11-9-14)24-25-21(26)30-13-18(27)23-17-7-5-4-6-16(17)20(28)29-2/h3-11H,1,12-13H2,2H3,(H,23,27). The number of hydrogen-bond acceptors (Lipinski definition) is 6. The second-order valence-electron chi connectivity index (χ2n) is 6.09. The lowest BCUT2D eigenvalue weighted by atomic mass is 10.2. The fourth-order valence-corrected chi connectivity index (χ4v) is 3.57. The molecule has 0 bridgehead atoms. The normalized spacial score (nSPS) is 10.5. The largest absolute Gasteiger partial charge is 0.465 e. The van der Waals surface area contributed by atoms with Gasteiger partial charge in [0.05, 0.1) is 24.1 Å². The van der Waals surface area contributed by atoms with Gasteiger partial charge in [-0.1, -0.05) is 41.6 Å². The van der Waals surface area contributed by atoms with E-state index in [0.717, 1.165) is 5.56 Å². The quantitative estimate of drug-likeness (QED) is 0.318. The van der Waals surface area contributed by atoms with E-state index in [4.69, 9.17) is 16.3 Å². The van der Waals surface area contributed by atoms with E-state index in [0.29, 0.717) is 28.2 Å². The average molecular weight is 443 g/mol. The highest BCUT2D eigenvalue weighted by molar-refractivity contribution is 7.99. The van der Waals surface area contributed by atoms with Crippen LogP contribution < -0.4 is 5.32 Å². The van der Waals surface area contributed by atoms with Gasteiger partial charge in [-0.25, -0.2) is 4.79 Å². The van der Waals surface area contributed by atoms with Gasteiger partial charge >= 0.3 is 5.97 Å². The Morgan fingerprint density at radius 3 is 2.63 bits per heavy atom. The van der Waals surface area contributed by atoms with E-state index in [2.05, 4.69) is 22.1 Å². The number of ether oxygens (including phenoxy) is 1. The lowest BCUT2D eigenvalue weighted by Gasteiger charge is -2.10. The summed E-state index contributed by atoms with van der Waals surface area (Å²) in [6.45, 7) is 4.27. The summed E-state index contributed by atoms with van der Waals surface area (Å²) in [6, 6.07) is 13.9. The summed E-state index contributed by atoms with van der Waals surface area (Å²) in [7, 11) is 1.29. The molecule has 7 nitrogen and oxygen atoms in total. The Morgan fingerprint density at radius 2 is 1.93 bits per heavy atom. The Kier molecular flexibility index (Phi) is 7.26. The highest BCUT2D eigenvalue weighted by Gasteiger charge is 2.17. The van der Waals surface area contributed by atoms with Gasteiger partial charge in [0.1, 0.15) is 0 Å². The minimum Gasteiger partial charge on any atom is -0.465 e. The molecule has 3 aromatic rings. The molecule has 0 aliphatic carbocycles. The van der Waals surface area contributed by atoms with Crippen LogP contribution in [-0.2, 0) is 16.1 Å². The van der Waals surface area contributed by atoms with Crippen LogP contribution in [0.4, 0.5) is 5.69 Å². The molecule has 0 unspecified atom stereocenters. The van der Waals surface area contributed by atoms with Crippen molar-refractivity contribution in [1.82, 2.24) is 14.8 Å². The van der Waals surface area contributed by atoms with Crippen LogP contribution in [0.3, 0.4) is 0 Å². The number of allylic oxidation sites excluding steroid dienone is 1. The predicted octanol–water partition coefficient (Wildman–Crippen LogP) is 4.30. The van der Waals surface area contributed by atoms with Gasteiger partial charge in [-0.3, -0.25) is 9.36 Å². The Bertz CT molecular complexity index is 1070. The van der Waals surface area contributed by atoms with E-state index in [1.54, 1.807) is 42.5 Å². The number of benzene rings is 2. The third-order valence-electron chi connectivity index (χ3n) is 4.07. The van der Waals surface area contributed by atoms with Crippen molar-refractivity contribution in [3.8, 4) is 11.4 Å². The molecule has 1 N–H and O–H groups in total. The molecule has 0 saturated heterocycles. The molecule has 0 spiro atoms. The number of amides is 1. The summed E-state index contributed by atoms with van der Waals surface area (Å²) >= 11 is 7.20. The first kappa shape index (κ1) is 21.6. The van der Waals surface area contributed by atoms with E-state index < -0.39 is 5.97 Å². The lowest BCUT2D eigenvalue weighted by molar-refractivity contribution is -0.113. The fraction of sp³-hybridized carbons (Fsp3) is 0.143. The first-order valence-electron chi connectivity index (χ1n) is 8.93. The van der Waals surface area contributed by atoms with Crippen molar-refractivity contribution in [2.24, 2.45) is 0 Å². The van der Waals surface area contributed by atoms with E-state index in [1.807, 2.05) is 16.7 Å². The number of para-hydroxylation sites is 1. The topological polar surface area (TPSA) is 86.1 Å². The number of anilines is 1. The van der Waals surface area contributed by atoms with Crippen LogP contribution in [0.25, 0.3) is 11.4 Å². The average Bonchev–Trinajstić information content (AvgIpc) is 3.15. The number of hydrogen-bond donors (Lipinski definition) is 1. The van der Waals surface area contributed by atoms with Crippen molar-refractivity contribution in [2.45, 2.75) is 11.7 Å². The number of rotatable bonds is 8. The van der Waals surface area contributed by atoms with Gasteiger partial charge in [0.15, 0.2) is 11.0 Å².